The Morgan fingerprint density at radius 2 is 1.79 bits per heavy atom. The van der Waals surface area contributed by atoms with Gasteiger partial charge in [-0.15, -0.1) is 0 Å². The van der Waals surface area contributed by atoms with Gasteiger partial charge in [0.25, 0.3) is 11.8 Å². The minimum absolute atomic E-state index is 0.186. The zero-order valence-electron chi connectivity index (χ0n) is 18.0. The van der Waals surface area contributed by atoms with Gasteiger partial charge in [-0.05, 0) is 64.0 Å². The smallest absolute Gasteiger partial charge is 0.270 e. The van der Waals surface area contributed by atoms with Crippen molar-refractivity contribution in [3.8, 4) is 11.5 Å². The van der Waals surface area contributed by atoms with Crippen LogP contribution in [0.2, 0.25) is 0 Å². The van der Waals surface area contributed by atoms with E-state index in [-0.39, 0.29) is 18.4 Å². The number of halogens is 1. The van der Waals surface area contributed by atoms with Crippen molar-refractivity contribution in [2.24, 2.45) is 0 Å². The number of amides is 2. The standard InChI is InChI=1S/C25H19BrN2O4S2/c1-31-20-13-16(14-21-24(30)28(25(33)34-21)18-10-6-3-7-11-18)12-19(26)23(20)32-15-22(29)27-17-8-4-2-5-9-17/h2-14H,15H2,1H3,(H,27,29)/b21-14+. The molecule has 34 heavy (non-hydrogen) atoms. The summed E-state index contributed by atoms with van der Waals surface area (Å²) in [4.78, 5) is 27.3. The molecule has 0 atom stereocenters. The van der Waals surface area contributed by atoms with Crippen molar-refractivity contribution in [1.82, 2.24) is 0 Å². The predicted molar refractivity (Wildman–Crippen MR) is 143 cm³/mol. The molecule has 172 valence electrons. The number of thiocarbonyl (C=S) groups is 1. The molecule has 0 aromatic heterocycles. The number of hydrogen-bond donors (Lipinski definition) is 1. The van der Waals surface area contributed by atoms with Gasteiger partial charge in [0, 0.05) is 5.69 Å². The molecule has 0 bridgehead atoms. The zero-order chi connectivity index (χ0) is 24.1. The van der Waals surface area contributed by atoms with E-state index in [9.17, 15) is 9.59 Å². The second kappa shape index (κ2) is 10.9. The summed E-state index contributed by atoms with van der Waals surface area (Å²) in [5, 5.41) is 2.77. The van der Waals surface area contributed by atoms with Gasteiger partial charge in [0.15, 0.2) is 22.4 Å². The van der Waals surface area contributed by atoms with E-state index >= 15 is 0 Å². The number of carbonyl (C=O) groups excluding carboxylic acids is 2. The minimum Gasteiger partial charge on any atom is -0.493 e. The third kappa shape index (κ3) is 5.49. The topological polar surface area (TPSA) is 67.9 Å². The van der Waals surface area contributed by atoms with Crippen LogP contribution in [0, 0.1) is 0 Å². The SMILES string of the molecule is COc1cc(/C=C2/SC(=S)N(c3ccccc3)C2=O)cc(Br)c1OCC(=O)Nc1ccccc1. The van der Waals surface area contributed by atoms with E-state index in [0.29, 0.717) is 30.9 Å². The normalized spacial score (nSPS) is 14.4. The molecule has 1 saturated heterocycles. The van der Waals surface area contributed by atoms with Crippen molar-refractivity contribution in [3.63, 3.8) is 0 Å². The Morgan fingerprint density at radius 3 is 2.47 bits per heavy atom. The summed E-state index contributed by atoms with van der Waals surface area (Å²) >= 11 is 10.2. The summed E-state index contributed by atoms with van der Waals surface area (Å²) < 4.78 is 12.3. The lowest BCUT2D eigenvalue weighted by Gasteiger charge is -2.14. The zero-order valence-corrected chi connectivity index (χ0v) is 21.2. The Morgan fingerprint density at radius 1 is 1.12 bits per heavy atom. The number of carbonyl (C=O) groups is 2. The Kier molecular flexibility index (Phi) is 7.66. The molecular formula is C25H19BrN2O4S2. The molecule has 9 heteroatoms. The van der Waals surface area contributed by atoms with Crippen molar-refractivity contribution in [2.45, 2.75) is 0 Å². The first-order valence-electron chi connectivity index (χ1n) is 10.1. The molecule has 2 amide bonds. The van der Waals surface area contributed by atoms with Gasteiger partial charge >= 0.3 is 0 Å². The quantitative estimate of drug-likeness (QED) is 0.290. The summed E-state index contributed by atoms with van der Waals surface area (Å²) in [6.07, 6.45) is 1.75. The molecule has 1 fully saturated rings. The van der Waals surface area contributed by atoms with Gasteiger partial charge in [0.05, 0.1) is 22.2 Å². The maximum Gasteiger partial charge on any atom is 0.270 e. The summed E-state index contributed by atoms with van der Waals surface area (Å²) in [6, 6.07) is 22.0. The van der Waals surface area contributed by atoms with Crippen LogP contribution in [0.4, 0.5) is 11.4 Å². The number of methoxy groups -OCH3 is 1. The monoisotopic (exact) mass is 554 g/mol. The van der Waals surface area contributed by atoms with Gasteiger partial charge in [0.1, 0.15) is 0 Å². The van der Waals surface area contributed by atoms with Gasteiger partial charge in [-0.2, -0.15) is 0 Å². The molecule has 3 aromatic rings. The van der Waals surface area contributed by atoms with E-state index in [2.05, 4.69) is 21.2 Å². The molecule has 0 saturated carbocycles. The Hall–Kier alpha value is -3.14. The van der Waals surface area contributed by atoms with Crippen LogP contribution in [0.15, 0.2) is 82.2 Å². The number of thioether (sulfide) groups is 1. The highest BCUT2D eigenvalue weighted by molar-refractivity contribution is 9.10. The fourth-order valence-corrected chi connectivity index (χ4v) is 5.11. The number of rotatable bonds is 7. The highest BCUT2D eigenvalue weighted by atomic mass is 79.9. The Bertz CT molecular complexity index is 1270. The maximum absolute atomic E-state index is 13.0. The molecule has 1 aliphatic rings. The van der Waals surface area contributed by atoms with Crippen molar-refractivity contribution < 1.29 is 19.1 Å². The third-order valence-electron chi connectivity index (χ3n) is 4.76. The van der Waals surface area contributed by atoms with Gasteiger partial charge in [-0.1, -0.05) is 60.4 Å². The Labute approximate surface area is 215 Å². The number of ether oxygens (including phenoxy) is 2. The summed E-state index contributed by atoms with van der Waals surface area (Å²) in [6.45, 7) is -0.196. The van der Waals surface area contributed by atoms with Crippen LogP contribution in [-0.2, 0) is 9.59 Å². The molecule has 0 unspecified atom stereocenters. The lowest BCUT2D eigenvalue weighted by atomic mass is 10.1. The lowest BCUT2D eigenvalue weighted by molar-refractivity contribution is -0.118. The van der Waals surface area contributed by atoms with Crippen LogP contribution >= 0.6 is 39.9 Å². The molecule has 6 nitrogen and oxygen atoms in total. The number of benzene rings is 3. The Balaban J connectivity index is 1.50. The predicted octanol–water partition coefficient (Wildman–Crippen LogP) is 5.88. The van der Waals surface area contributed by atoms with Gasteiger partial charge < -0.3 is 14.8 Å². The van der Waals surface area contributed by atoms with Gasteiger partial charge in [-0.25, -0.2) is 0 Å². The van der Waals surface area contributed by atoms with Crippen LogP contribution in [0.1, 0.15) is 5.56 Å². The average Bonchev–Trinajstić information content (AvgIpc) is 3.11. The number of hydrogen-bond acceptors (Lipinski definition) is 6. The molecule has 1 N–H and O–H groups in total. The molecule has 1 aliphatic heterocycles. The van der Waals surface area contributed by atoms with Crippen LogP contribution in [0.25, 0.3) is 6.08 Å². The van der Waals surface area contributed by atoms with E-state index in [1.54, 1.807) is 30.3 Å². The van der Waals surface area contributed by atoms with E-state index in [4.69, 9.17) is 21.7 Å². The molecule has 0 radical (unpaired) electrons. The first-order chi connectivity index (χ1) is 16.5. The maximum atomic E-state index is 13.0. The van der Waals surface area contributed by atoms with E-state index < -0.39 is 0 Å². The highest BCUT2D eigenvalue weighted by Gasteiger charge is 2.33. The number of nitrogens with one attached hydrogen (secondary N) is 1. The first-order valence-corrected chi connectivity index (χ1v) is 12.2. The second-order valence-corrected chi connectivity index (χ2v) is 9.62. The fraction of sp³-hybridized carbons (Fsp3) is 0.0800. The van der Waals surface area contributed by atoms with Crippen LogP contribution in [-0.4, -0.2) is 29.9 Å². The van der Waals surface area contributed by atoms with E-state index in [1.165, 1.54) is 23.8 Å². The molecular weight excluding hydrogens is 536 g/mol. The average molecular weight is 555 g/mol. The van der Waals surface area contributed by atoms with Gasteiger partial charge in [-0.3, -0.25) is 14.5 Å². The van der Waals surface area contributed by atoms with E-state index in [1.807, 2.05) is 48.5 Å². The summed E-state index contributed by atoms with van der Waals surface area (Å²) in [7, 11) is 1.51. The molecule has 4 rings (SSSR count). The van der Waals surface area contributed by atoms with Gasteiger partial charge in [0.2, 0.25) is 0 Å². The van der Waals surface area contributed by atoms with Crippen molar-refractivity contribution in [2.75, 3.05) is 23.9 Å². The third-order valence-corrected chi connectivity index (χ3v) is 6.65. The molecule has 3 aromatic carbocycles. The fourth-order valence-electron chi connectivity index (χ4n) is 3.24. The van der Waals surface area contributed by atoms with Crippen LogP contribution in [0.5, 0.6) is 11.5 Å². The van der Waals surface area contributed by atoms with Crippen molar-refractivity contribution in [1.29, 1.82) is 0 Å². The van der Waals surface area contributed by atoms with Crippen molar-refractivity contribution >= 4 is 73.5 Å². The molecule has 1 heterocycles. The summed E-state index contributed by atoms with van der Waals surface area (Å²) in [5.74, 6) is 0.328. The number of anilines is 2. The second-order valence-electron chi connectivity index (χ2n) is 7.09. The summed E-state index contributed by atoms with van der Waals surface area (Å²) in [5.41, 5.74) is 2.13. The highest BCUT2D eigenvalue weighted by Crippen LogP contribution is 2.40. The number of para-hydroxylation sites is 2. The molecule has 0 spiro atoms. The number of nitrogens with zero attached hydrogens (tertiary/aromatic N) is 1. The van der Waals surface area contributed by atoms with Crippen molar-refractivity contribution in [3.05, 3.63) is 87.7 Å². The van der Waals surface area contributed by atoms with Crippen LogP contribution in [0.3, 0.4) is 0 Å². The van der Waals surface area contributed by atoms with Crippen LogP contribution < -0.4 is 19.7 Å². The largest absolute Gasteiger partial charge is 0.493 e. The first kappa shape index (κ1) is 24.0. The van der Waals surface area contributed by atoms with E-state index in [0.717, 1.165) is 11.3 Å². The minimum atomic E-state index is -0.297. The lowest BCUT2D eigenvalue weighted by Crippen LogP contribution is -2.27. The molecule has 0 aliphatic carbocycles.